The molecule has 2 aliphatic rings. The van der Waals surface area contributed by atoms with Gasteiger partial charge < -0.3 is 0 Å². The van der Waals surface area contributed by atoms with E-state index in [0.717, 1.165) is 10.8 Å². The average molecular weight is 343 g/mol. The Bertz CT molecular complexity index is 246. The first-order valence-electron chi connectivity index (χ1n) is 5.53. The zero-order valence-corrected chi connectivity index (χ0v) is 12.4. The van der Waals surface area contributed by atoms with Crippen molar-refractivity contribution < 1.29 is 40.2 Å². The fourth-order valence-electron chi connectivity index (χ4n) is 2.31. The SMILES string of the molecule is COC1CC2OC(C)(C)OC2C(C[I-]C)O1. The number of hydrogen-bond donors (Lipinski definition) is 0. The number of halogens is 1. The number of rotatable bonds is 3. The molecular formula is C11H20IO4-. The molecule has 0 saturated carbocycles. The molecule has 4 atom stereocenters. The van der Waals surface area contributed by atoms with Crippen molar-refractivity contribution in [2.45, 2.75) is 50.7 Å². The summed E-state index contributed by atoms with van der Waals surface area (Å²) < 4.78 is 24.1. The van der Waals surface area contributed by atoms with E-state index in [1.807, 2.05) is 13.8 Å². The molecule has 5 heteroatoms. The van der Waals surface area contributed by atoms with E-state index in [2.05, 4.69) is 4.93 Å². The fourth-order valence-corrected chi connectivity index (χ4v) is 3.88. The molecule has 2 aliphatic heterocycles. The molecule has 0 N–H and O–H groups in total. The Morgan fingerprint density at radius 1 is 1.38 bits per heavy atom. The second kappa shape index (κ2) is 5.06. The first-order chi connectivity index (χ1) is 7.55. The molecule has 0 aliphatic carbocycles. The summed E-state index contributed by atoms with van der Waals surface area (Å²) in [5.41, 5.74) is 0. The van der Waals surface area contributed by atoms with Gasteiger partial charge in [-0.05, 0) is 0 Å². The van der Waals surface area contributed by atoms with Gasteiger partial charge in [0.25, 0.3) is 0 Å². The van der Waals surface area contributed by atoms with Gasteiger partial charge in [-0.15, -0.1) is 0 Å². The molecule has 2 fully saturated rings. The van der Waals surface area contributed by atoms with Crippen molar-refractivity contribution in [2.24, 2.45) is 0 Å². The molecule has 2 saturated heterocycles. The molecule has 96 valence electrons. The Morgan fingerprint density at radius 2 is 2.12 bits per heavy atom. The number of alkyl halides is 2. The van der Waals surface area contributed by atoms with Crippen molar-refractivity contribution in [3.63, 3.8) is 0 Å². The number of ether oxygens (including phenoxy) is 4. The quantitative estimate of drug-likeness (QED) is 0.438. The fraction of sp³-hybridized carbons (Fsp3) is 1.00. The van der Waals surface area contributed by atoms with E-state index in [9.17, 15) is 0 Å². The summed E-state index contributed by atoms with van der Waals surface area (Å²) in [4.78, 5) is 2.26. The van der Waals surface area contributed by atoms with Gasteiger partial charge in [-0.25, -0.2) is 0 Å². The number of hydrogen-bond acceptors (Lipinski definition) is 4. The van der Waals surface area contributed by atoms with Gasteiger partial charge in [0.2, 0.25) is 0 Å². The topological polar surface area (TPSA) is 36.9 Å². The molecule has 0 radical (unpaired) electrons. The molecule has 0 spiro atoms. The summed E-state index contributed by atoms with van der Waals surface area (Å²) in [7, 11) is 1.68. The van der Waals surface area contributed by atoms with Crippen LogP contribution in [-0.4, -0.2) is 46.9 Å². The first-order valence-corrected chi connectivity index (χ1v) is 9.21. The zero-order chi connectivity index (χ0) is 11.8. The minimum atomic E-state index is -0.481. The van der Waals surface area contributed by atoms with E-state index in [1.165, 1.54) is 0 Å². The van der Waals surface area contributed by atoms with Crippen LogP contribution < -0.4 is 21.2 Å². The Morgan fingerprint density at radius 3 is 2.75 bits per heavy atom. The van der Waals surface area contributed by atoms with E-state index in [1.54, 1.807) is 7.11 Å². The summed E-state index contributed by atoms with van der Waals surface area (Å²) in [5, 5.41) is 0. The number of fused-ring (bicyclic) bond motifs is 1. The van der Waals surface area contributed by atoms with Crippen molar-refractivity contribution in [3.8, 4) is 0 Å². The molecule has 2 rings (SSSR count). The molecule has 0 amide bonds. The Kier molecular flexibility index (Phi) is 4.11. The Hall–Kier alpha value is 0.570. The monoisotopic (exact) mass is 343 g/mol. The third-order valence-corrected chi connectivity index (χ3v) is 4.66. The molecule has 4 nitrogen and oxygen atoms in total. The zero-order valence-electron chi connectivity index (χ0n) is 10.2. The summed E-state index contributed by atoms with van der Waals surface area (Å²) >= 11 is 0.185. The third kappa shape index (κ3) is 2.69. The van der Waals surface area contributed by atoms with Crippen LogP contribution in [0, 0.1) is 0 Å². The molecule has 0 bridgehead atoms. The standard InChI is InChI=1S/C11H20IO4/c1-11(2)15-7-5-9(13-4)14-8(6-12-3)10(7)16-11/h7-10H,5-6H2,1-4H3/q-1. The normalized spacial score (nSPS) is 42.2. The van der Waals surface area contributed by atoms with Crippen molar-refractivity contribution in [2.75, 3.05) is 16.5 Å². The van der Waals surface area contributed by atoms with Gasteiger partial charge in [0.1, 0.15) is 0 Å². The van der Waals surface area contributed by atoms with Crippen LogP contribution in [0.1, 0.15) is 20.3 Å². The summed E-state index contributed by atoms with van der Waals surface area (Å²) in [6.07, 6.45) is 0.973. The van der Waals surface area contributed by atoms with Crippen LogP contribution >= 0.6 is 0 Å². The van der Waals surface area contributed by atoms with Crippen molar-refractivity contribution in [1.29, 1.82) is 0 Å². The van der Waals surface area contributed by atoms with Crippen LogP contribution in [0.5, 0.6) is 0 Å². The second-order valence-corrected chi connectivity index (χ2v) is 7.04. The predicted molar refractivity (Wildman–Crippen MR) is 54.9 cm³/mol. The van der Waals surface area contributed by atoms with Gasteiger partial charge in [0.05, 0.1) is 0 Å². The van der Waals surface area contributed by atoms with E-state index < -0.39 is 5.79 Å². The van der Waals surface area contributed by atoms with Gasteiger partial charge in [-0.3, -0.25) is 0 Å². The van der Waals surface area contributed by atoms with E-state index in [4.69, 9.17) is 18.9 Å². The van der Waals surface area contributed by atoms with Crippen molar-refractivity contribution in [3.05, 3.63) is 0 Å². The molecular weight excluding hydrogens is 323 g/mol. The first kappa shape index (κ1) is 13.0. The maximum absolute atomic E-state index is 5.93. The summed E-state index contributed by atoms with van der Waals surface area (Å²) in [5.74, 6) is -0.481. The Balaban J connectivity index is 2.07. The van der Waals surface area contributed by atoms with Crippen molar-refractivity contribution >= 4 is 0 Å². The minimum absolute atomic E-state index is 0.0843. The van der Waals surface area contributed by atoms with Gasteiger partial charge in [0.15, 0.2) is 0 Å². The Labute approximate surface area is 107 Å². The van der Waals surface area contributed by atoms with E-state index >= 15 is 0 Å². The van der Waals surface area contributed by atoms with Gasteiger partial charge in [0, 0.05) is 0 Å². The molecule has 2 heterocycles. The van der Waals surface area contributed by atoms with Crippen LogP contribution in [0.3, 0.4) is 0 Å². The van der Waals surface area contributed by atoms with Gasteiger partial charge in [-0.1, -0.05) is 0 Å². The molecule has 16 heavy (non-hydrogen) atoms. The van der Waals surface area contributed by atoms with E-state index in [-0.39, 0.29) is 45.8 Å². The predicted octanol–water partition coefficient (Wildman–Crippen LogP) is -2.01. The van der Waals surface area contributed by atoms with Crippen LogP contribution in [0.15, 0.2) is 0 Å². The van der Waals surface area contributed by atoms with E-state index in [0.29, 0.717) is 0 Å². The van der Waals surface area contributed by atoms with Crippen LogP contribution in [-0.2, 0) is 18.9 Å². The summed E-state index contributed by atoms with van der Waals surface area (Å²) in [6, 6.07) is 0. The van der Waals surface area contributed by atoms with Crippen LogP contribution in [0.2, 0.25) is 0 Å². The molecule has 0 aromatic rings. The molecule has 0 aromatic carbocycles. The maximum atomic E-state index is 5.93. The number of methoxy groups -OCH3 is 1. The molecule has 0 aromatic heterocycles. The van der Waals surface area contributed by atoms with Gasteiger partial charge >= 0.3 is 107 Å². The van der Waals surface area contributed by atoms with Crippen LogP contribution in [0.25, 0.3) is 0 Å². The van der Waals surface area contributed by atoms with Crippen LogP contribution in [0.4, 0.5) is 0 Å². The summed E-state index contributed by atoms with van der Waals surface area (Å²) in [6.45, 7) is 3.93. The molecule has 4 unspecified atom stereocenters. The third-order valence-electron chi connectivity index (χ3n) is 2.91. The van der Waals surface area contributed by atoms with Crippen molar-refractivity contribution in [1.82, 2.24) is 0 Å². The average Bonchev–Trinajstić information content (AvgIpc) is 2.52. The van der Waals surface area contributed by atoms with Gasteiger partial charge in [-0.2, -0.15) is 0 Å². The second-order valence-electron chi connectivity index (χ2n) is 4.64.